The number of carbonyl (C=O) groups is 1. The molecule has 3 unspecified atom stereocenters. The highest BCUT2D eigenvalue weighted by Crippen LogP contribution is 2.16. The Hall–Kier alpha value is -1.17. The third-order valence-electron chi connectivity index (χ3n) is 10.0. The van der Waals surface area contributed by atoms with Crippen LogP contribution in [0, 0.1) is 0 Å². The third-order valence-corrected chi connectivity index (χ3v) is 10.0. The summed E-state index contributed by atoms with van der Waals surface area (Å²) < 4.78 is 0. The van der Waals surface area contributed by atoms with Crippen LogP contribution in [-0.2, 0) is 4.79 Å². The van der Waals surface area contributed by atoms with Gasteiger partial charge in [-0.1, -0.05) is 199 Å². The average molecular weight is 692 g/mol. The van der Waals surface area contributed by atoms with Gasteiger partial charge in [0.25, 0.3) is 0 Å². The van der Waals surface area contributed by atoms with E-state index in [9.17, 15) is 20.1 Å². The SMILES string of the molecule is CCCC/C=C/CC/C=C/CCCC(O)C(O)C(CO)NC(=O)CCCCCCCCCCCCCCCCCCCCCCCCCC. The van der Waals surface area contributed by atoms with Crippen molar-refractivity contribution in [2.75, 3.05) is 6.61 Å². The zero-order valence-electron chi connectivity index (χ0n) is 32.8. The van der Waals surface area contributed by atoms with Crippen molar-refractivity contribution < 1.29 is 20.1 Å². The van der Waals surface area contributed by atoms with Crippen LogP contribution in [0.2, 0.25) is 0 Å². The summed E-state index contributed by atoms with van der Waals surface area (Å²) in [6.07, 6.45) is 47.3. The number of aliphatic hydroxyl groups is 3. The minimum Gasteiger partial charge on any atom is -0.394 e. The van der Waals surface area contributed by atoms with Gasteiger partial charge in [0.15, 0.2) is 0 Å². The number of hydrogen-bond acceptors (Lipinski definition) is 4. The van der Waals surface area contributed by atoms with Gasteiger partial charge in [-0.15, -0.1) is 0 Å². The summed E-state index contributed by atoms with van der Waals surface area (Å²) in [7, 11) is 0. The number of carbonyl (C=O) groups excluding carboxylic acids is 1. The highest BCUT2D eigenvalue weighted by Gasteiger charge is 2.26. The normalized spacial score (nSPS) is 13.8. The molecule has 0 aliphatic rings. The van der Waals surface area contributed by atoms with Crippen LogP contribution < -0.4 is 5.32 Å². The van der Waals surface area contributed by atoms with Crippen molar-refractivity contribution in [1.29, 1.82) is 0 Å². The first-order valence-electron chi connectivity index (χ1n) is 21.6. The lowest BCUT2D eigenvalue weighted by Gasteiger charge is -2.26. The maximum absolute atomic E-state index is 12.4. The summed E-state index contributed by atoms with van der Waals surface area (Å²) in [5.74, 6) is -0.157. The second-order valence-corrected chi connectivity index (χ2v) is 14.9. The molecule has 290 valence electrons. The maximum Gasteiger partial charge on any atom is 0.220 e. The van der Waals surface area contributed by atoms with E-state index in [2.05, 4.69) is 43.5 Å². The van der Waals surface area contributed by atoms with E-state index in [4.69, 9.17) is 0 Å². The molecule has 0 radical (unpaired) electrons. The third kappa shape index (κ3) is 35.0. The first-order chi connectivity index (χ1) is 24.1. The second kappa shape index (κ2) is 39.6. The van der Waals surface area contributed by atoms with Crippen molar-refractivity contribution in [1.82, 2.24) is 5.32 Å². The Morgan fingerprint density at radius 1 is 0.490 bits per heavy atom. The largest absolute Gasteiger partial charge is 0.394 e. The van der Waals surface area contributed by atoms with Gasteiger partial charge < -0.3 is 20.6 Å². The standard InChI is InChI=1S/C44H85NO4/c1-3-5-7-9-11-13-15-16-17-18-19-20-21-22-23-24-25-26-27-29-31-33-35-37-39-43(48)45-41(40-46)44(49)42(47)38-36-34-32-30-28-14-12-10-8-6-4-2/h10,12,30,32,41-42,44,46-47,49H,3-9,11,13-29,31,33-40H2,1-2H3,(H,45,48)/b12-10+,32-30+. The average Bonchev–Trinajstić information content (AvgIpc) is 3.10. The molecule has 1 amide bonds. The molecule has 0 heterocycles. The molecule has 4 N–H and O–H groups in total. The Kier molecular flexibility index (Phi) is 38.7. The molecular formula is C44H85NO4. The molecule has 5 heteroatoms. The van der Waals surface area contributed by atoms with Crippen LogP contribution in [0.15, 0.2) is 24.3 Å². The molecule has 0 aromatic rings. The molecule has 5 nitrogen and oxygen atoms in total. The van der Waals surface area contributed by atoms with E-state index in [1.807, 2.05) is 0 Å². The highest BCUT2D eigenvalue weighted by molar-refractivity contribution is 5.76. The van der Waals surface area contributed by atoms with Crippen LogP contribution in [0.3, 0.4) is 0 Å². The number of unbranched alkanes of at least 4 members (excludes halogenated alkanes) is 27. The lowest BCUT2D eigenvalue weighted by Crippen LogP contribution is -2.50. The lowest BCUT2D eigenvalue weighted by atomic mass is 10.0. The Morgan fingerprint density at radius 2 is 0.837 bits per heavy atom. The Balaban J connectivity index is 3.57. The Labute approximate surface area is 305 Å². The fourth-order valence-electron chi connectivity index (χ4n) is 6.64. The molecule has 0 fully saturated rings. The molecule has 0 aliphatic carbocycles. The first kappa shape index (κ1) is 47.8. The van der Waals surface area contributed by atoms with Crippen LogP contribution in [0.4, 0.5) is 0 Å². The monoisotopic (exact) mass is 692 g/mol. The van der Waals surface area contributed by atoms with E-state index in [0.29, 0.717) is 12.8 Å². The number of allylic oxidation sites excluding steroid dienone is 4. The van der Waals surface area contributed by atoms with Gasteiger partial charge in [-0.25, -0.2) is 0 Å². The highest BCUT2D eigenvalue weighted by atomic mass is 16.3. The van der Waals surface area contributed by atoms with Crippen molar-refractivity contribution >= 4 is 5.91 Å². The van der Waals surface area contributed by atoms with E-state index in [1.165, 1.54) is 148 Å². The topological polar surface area (TPSA) is 89.8 Å². The van der Waals surface area contributed by atoms with Gasteiger partial charge in [0.05, 0.1) is 18.8 Å². The smallest absolute Gasteiger partial charge is 0.220 e. The van der Waals surface area contributed by atoms with Crippen LogP contribution in [0.1, 0.15) is 226 Å². The summed E-state index contributed by atoms with van der Waals surface area (Å²) >= 11 is 0. The van der Waals surface area contributed by atoms with Crippen molar-refractivity contribution in [3.8, 4) is 0 Å². The molecule has 3 atom stereocenters. The molecule has 0 spiro atoms. The minimum atomic E-state index is -1.16. The quantitative estimate of drug-likeness (QED) is 0.0381. The first-order valence-corrected chi connectivity index (χ1v) is 21.6. The molecule has 0 aliphatic heterocycles. The molecule has 0 rings (SSSR count). The summed E-state index contributed by atoms with van der Waals surface area (Å²) in [6, 6.07) is -0.827. The molecule has 0 saturated heterocycles. The van der Waals surface area contributed by atoms with Gasteiger partial charge in [-0.05, 0) is 44.9 Å². The predicted octanol–water partition coefficient (Wildman–Crippen LogP) is 12.2. The summed E-state index contributed by atoms with van der Waals surface area (Å²) in [4.78, 5) is 12.4. The van der Waals surface area contributed by atoms with E-state index in [0.717, 1.165) is 51.4 Å². The summed E-state index contributed by atoms with van der Waals surface area (Å²) in [6.45, 7) is 4.12. The Bertz CT molecular complexity index is 724. The number of nitrogens with one attached hydrogen (secondary N) is 1. The molecule has 0 bridgehead atoms. The second-order valence-electron chi connectivity index (χ2n) is 14.9. The van der Waals surface area contributed by atoms with Crippen LogP contribution in [0.25, 0.3) is 0 Å². The molecule has 0 aromatic carbocycles. The molecule has 0 aromatic heterocycles. The van der Waals surface area contributed by atoms with E-state index < -0.39 is 18.2 Å². The van der Waals surface area contributed by atoms with Crippen molar-refractivity contribution in [2.24, 2.45) is 0 Å². The van der Waals surface area contributed by atoms with E-state index in [-0.39, 0.29) is 12.5 Å². The van der Waals surface area contributed by atoms with Crippen LogP contribution >= 0.6 is 0 Å². The van der Waals surface area contributed by atoms with Crippen molar-refractivity contribution in [3.63, 3.8) is 0 Å². The van der Waals surface area contributed by atoms with Gasteiger partial charge in [-0.2, -0.15) is 0 Å². The zero-order valence-corrected chi connectivity index (χ0v) is 32.8. The van der Waals surface area contributed by atoms with Gasteiger partial charge in [0.1, 0.15) is 6.10 Å². The van der Waals surface area contributed by atoms with Crippen LogP contribution in [-0.4, -0.2) is 46.1 Å². The zero-order chi connectivity index (χ0) is 35.9. The number of aliphatic hydroxyl groups excluding tert-OH is 3. The lowest BCUT2D eigenvalue weighted by molar-refractivity contribution is -0.124. The van der Waals surface area contributed by atoms with Crippen LogP contribution in [0.5, 0.6) is 0 Å². The molecule has 0 saturated carbocycles. The number of amides is 1. The fourth-order valence-corrected chi connectivity index (χ4v) is 6.64. The summed E-state index contributed by atoms with van der Waals surface area (Å²) in [5, 5.41) is 33.3. The predicted molar refractivity (Wildman–Crippen MR) is 213 cm³/mol. The van der Waals surface area contributed by atoms with Crippen molar-refractivity contribution in [3.05, 3.63) is 24.3 Å². The molecular weight excluding hydrogens is 606 g/mol. The number of rotatable bonds is 39. The van der Waals surface area contributed by atoms with Gasteiger partial charge >= 0.3 is 0 Å². The maximum atomic E-state index is 12.4. The summed E-state index contributed by atoms with van der Waals surface area (Å²) in [5.41, 5.74) is 0. The van der Waals surface area contributed by atoms with Crippen molar-refractivity contribution in [2.45, 2.75) is 244 Å². The van der Waals surface area contributed by atoms with Gasteiger partial charge in [-0.3, -0.25) is 4.79 Å². The van der Waals surface area contributed by atoms with E-state index >= 15 is 0 Å². The van der Waals surface area contributed by atoms with E-state index in [1.54, 1.807) is 0 Å². The number of hydrogen-bond donors (Lipinski definition) is 4. The Morgan fingerprint density at radius 3 is 1.22 bits per heavy atom. The van der Waals surface area contributed by atoms with Gasteiger partial charge in [0.2, 0.25) is 5.91 Å². The van der Waals surface area contributed by atoms with Gasteiger partial charge in [0, 0.05) is 6.42 Å². The molecule has 49 heavy (non-hydrogen) atoms. The fraction of sp³-hybridized carbons (Fsp3) is 0.886. The minimum absolute atomic E-state index is 0.157.